The molecule has 0 saturated carbocycles. The van der Waals surface area contributed by atoms with Crippen LogP contribution < -0.4 is 5.32 Å². The largest absolute Gasteiger partial charge is 0.316 e. The summed E-state index contributed by atoms with van der Waals surface area (Å²) in [4.78, 5) is 8.52. The number of nitrogens with one attached hydrogen (secondary N) is 1. The van der Waals surface area contributed by atoms with Crippen LogP contribution in [-0.4, -0.2) is 27.5 Å². The van der Waals surface area contributed by atoms with E-state index in [1.54, 1.807) is 6.20 Å². The summed E-state index contributed by atoms with van der Waals surface area (Å²) in [7, 11) is 0. The highest BCUT2D eigenvalue weighted by Gasteiger charge is 2.17. The molecule has 2 aromatic heterocycles. The summed E-state index contributed by atoms with van der Waals surface area (Å²) < 4.78 is 2.94. The molecule has 3 heterocycles. The Morgan fingerprint density at radius 1 is 1.40 bits per heavy atom. The molecule has 2 aromatic rings. The first-order chi connectivity index (χ1) is 7.34. The van der Waals surface area contributed by atoms with E-state index in [1.807, 2.05) is 10.6 Å². The summed E-state index contributed by atoms with van der Waals surface area (Å²) in [6.07, 6.45) is 7.03. The standard InChI is InChI=1S/C10H11BrN4/c11-9-5-14-10-13-4-8(6-15(9)10)7-1-2-12-3-7/h4-7,12H,1-3H2. The van der Waals surface area contributed by atoms with Crippen LogP contribution in [0, 0.1) is 0 Å². The number of aromatic nitrogens is 3. The van der Waals surface area contributed by atoms with Gasteiger partial charge in [0, 0.05) is 24.9 Å². The van der Waals surface area contributed by atoms with Gasteiger partial charge < -0.3 is 5.32 Å². The SMILES string of the molecule is Brc1cnc2ncc(C3CCNC3)cn12. The third-order valence-corrected chi connectivity index (χ3v) is 3.46. The molecule has 1 N–H and O–H groups in total. The van der Waals surface area contributed by atoms with E-state index in [2.05, 4.69) is 37.4 Å². The number of halogens is 1. The summed E-state index contributed by atoms with van der Waals surface area (Å²) in [5.41, 5.74) is 1.28. The molecule has 4 nitrogen and oxygen atoms in total. The average Bonchev–Trinajstić information content (AvgIpc) is 2.88. The zero-order chi connectivity index (χ0) is 10.3. The van der Waals surface area contributed by atoms with E-state index in [0.717, 1.165) is 23.5 Å². The highest BCUT2D eigenvalue weighted by molar-refractivity contribution is 9.10. The minimum Gasteiger partial charge on any atom is -0.316 e. The molecule has 0 aromatic carbocycles. The predicted molar refractivity (Wildman–Crippen MR) is 60.9 cm³/mol. The highest BCUT2D eigenvalue weighted by Crippen LogP contribution is 2.22. The molecule has 3 rings (SSSR count). The van der Waals surface area contributed by atoms with Gasteiger partial charge in [0.1, 0.15) is 4.60 Å². The first kappa shape index (κ1) is 9.30. The lowest BCUT2D eigenvalue weighted by molar-refractivity contribution is 0.750. The molecule has 5 heteroatoms. The van der Waals surface area contributed by atoms with E-state index in [1.165, 1.54) is 12.0 Å². The minimum atomic E-state index is 0.594. The fraction of sp³-hybridized carbons (Fsp3) is 0.400. The summed E-state index contributed by atoms with van der Waals surface area (Å²) >= 11 is 3.45. The Balaban J connectivity index is 2.08. The number of rotatable bonds is 1. The molecule has 78 valence electrons. The van der Waals surface area contributed by atoms with Gasteiger partial charge in [0.15, 0.2) is 0 Å². The topological polar surface area (TPSA) is 42.2 Å². The number of nitrogens with zero attached hydrogens (tertiary/aromatic N) is 3. The first-order valence-corrected chi connectivity index (χ1v) is 5.83. The quantitative estimate of drug-likeness (QED) is 0.852. The van der Waals surface area contributed by atoms with Crippen LogP contribution in [0.5, 0.6) is 0 Å². The van der Waals surface area contributed by atoms with Gasteiger partial charge in [-0.2, -0.15) is 0 Å². The molecular formula is C10H11BrN4. The molecule has 0 aliphatic carbocycles. The van der Waals surface area contributed by atoms with Crippen molar-refractivity contribution in [2.75, 3.05) is 13.1 Å². The van der Waals surface area contributed by atoms with Crippen LogP contribution in [0.3, 0.4) is 0 Å². The molecule has 0 bridgehead atoms. The molecule has 1 unspecified atom stereocenters. The van der Waals surface area contributed by atoms with Crippen molar-refractivity contribution in [2.24, 2.45) is 0 Å². The van der Waals surface area contributed by atoms with Crippen LogP contribution in [-0.2, 0) is 0 Å². The van der Waals surface area contributed by atoms with Crippen LogP contribution >= 0.6 is 15.9 Å². The van der Waals surface area contributed by atoms with E-state index < -0.39 is 0 Å². The maximum atomic E-state index is 4.34. The average molecular weight is 267 g/mol. The highest BCUT2D eigenvalue weighted by atomic mass is 79.9. The molecular weight excluding hydrogens is 256 g/mol. The van der Waals surface area contributed by atoms with Crippen LogP contribution in [0.2, 0.25) is 0 Å². The van der Waals surface area contributed by atoms with Crippen LogP contribution in [0.4, 0.5) is 0 Å². The Labute approximate surface area is 95.9 Å². The van der Waals surface area contributed by atoms with Crippen molar-refractivity contribution in [3.8, 4) is 0 Å². The van der Waals surface area contributed by atoms with E-state index in [9.17, 15) is 0 Å². The van der Waals surface area contributed by atoms with Crippen molar-refractivity contribution in [2.45, 2.75) is 12.3 Å². The second kappa shape index (κ2) is 3.57. The molecule has 1 aliphatic heterocycles. The second-order valence-electron chi connectivity index (χ2n) is 3.83. The summed E-state index contributed by atoms with van der Waals surface area (Å²) in [5.74, 6) is 1.34. The normalized spacial score (nSPS) is 21.3. The number of hydrogen-bond acceptors (Lipinski definition) is 3. The molecule has 1 atom stereocenters. The first-order valence-electron chi connectivity index (χ1n) is 5.04. The van der Waals surface area contributed by atoms with Gasteiger partial charge in [-0.05, 0) is 34.5 Å². The fourth-order valence-corrected chi connectivity index (χ4v) is 2.37. The molecule has 15 heavy (non-hydrogen) atoms. The minimum absolute atomic E-state index is 0.594. The Hall–Kier alpha value is -0.940. The Morgan fingerprint density at radius 3 is 3.07 bits per heavy atom. The van der Waals surface area contributed by atoms with Gasteiger partial charge in [-0.25, -0.2) is 9.97 Å². The van der Waals surface area contributed by atoms with E-state index in [4.69, 9.17) is 0 Å². The zero-order valence-electron chi connectivity index (χ0n) is 8.15. The zero-order valence-corrected chi connectivity index (χ0v) is 9.74. The predicted octanol–water partition coefficient (Wildman–Crippen LogP) is 1.57. The molecule has 1 saturated heterocycles. The van der Waals surface area contributed by atoms with Gasteiger partial charge in [-0.1, -0.05) is 0 Å². The second-order valence-corrected chi connectivity index (χ2v) is 4.64. The van der Waals surface area contributed by atoms with Crippen molar-refractivity contribution < 1.29 is 0 Å². The van der Waals surface area contributed by atoms with Gasteiger partial charge in [-0.15, -0.1) is 0 Å². The van der Waals surface area contributed by atoms with E-state index in [0.29, 0.717) is 5.92 Å². The fourth-order valence-electron chi connectivity index (χ4n) is 2.01. The number of imidazole rings is 1. The van der Waals surface area contributed by atoms with Gasteiger partial charge >= 0.3 is 0 Å². The summed E-state index contributed by atoms with van der Waals surface area (Å²) in [5, 5.41) is 3.36. The summed E-state index contributed by atoms with van der Waals surface area (Å²) in [6, 6.07) is 0. The smallest absolute Gasteiger partial charge is 0.234 e. The van der Waals surface area contributed by atoms with Crippen molar-refractivity contribution in [1.29, 1.82) is 0 Å². The maximum Gasteiger partial charge on any atom is 0.234 e. The van der Waals surface area contributed by atoms with Gasteiger partial charge in [0.2, 0.25) is 5.78 Å². The Kier molecular flexibility index (Phi) is 2.21. The molecule has 1 aliphatic rings. The third kappa shape index (κ3) is 1.55. The van der Waals surface area contributed by atoms with E-state index >= 15 is 0 Å². The van der Waals surface area contributed by atoms with Crippen LogP contribution in [0.1, 0.15) is 17.9 Å². The van der Waals surface area contributed by atoms with Crippen molar-refractivity contribution in [3.63, 3.8) is 0 Å². The van der Waals surface area contributed by atoms with E-state index in [-0.39, 0.29) is 0 Å². The lowest BCUT2D eigenvalue weighted by atomic mass is 10.0. The lowest BCUT2D eigenvalue weighted by Gasteiger charge is -2.08. The monoisotopic (exact) mass is 266 g/mol. The van der Waals surface area contributed by atoms with Crippen LogP contribution in [0.15, 0.2) is 23.2 Å². The number of hydrogen-bond donors (Lipinski definition) is 1. The molecule has 0 spiro atoms. The maximum absolute atomic E-state index is 4.34. The molecule has 1 fully saturated rings. The van der Waals surface area contributed by atoms with Crippen molar-refractivity contribution in [3.05, 3.63) is 28.8 Å². The van der Waals surface area contributed by atoms with Gasteiger partial charge in [0.05, 0.1) is 6.20 Å². The van der Waals surface area contributed by atoms with Crippen molar-refractivity contribution >= 4 is 21.7 Å². The molecule has 0 amide bonds. The Morgan fingerprint density at radius 2 is 2.27 bits per heavy atom. The van der Waals surface area contributed by atoms with Crippen molar-refractivity contribution in [1.82, 2.24) is 19.7 Å². The lowest BCUT2D eigenvalue weighted by Crippen LogP contribution is -2.08. The Bertz CT molecular complexity index is 487. The summed E-state index contributed by atoms with van der Waals surface area (Å²) in [6.45, 7) is 2.16. The van der Waals surface area contributed by atoms with Gasteiger partial charge in [0.25, 0.3) is 0 Å². The number of fused-ring (bicyclic) bond motifs is 1. The third-order valence-electron chi connectivity index (χ3n) is 2.87. The van der Waals surface area contributed by atoms with Crippen LogP contribution in [0.25, 0.3) is 5.78 Å². The molecule has 0 radical (unpaired) electrons. The van der Waals surface area contributed by atoms with Gasteiger partial charge in [-0.3, -0.25) is 4.40 Å².